The Labute approximate surface area is 104 Å². The molecule has 1 rings (SSSR count). The molecule has 4 nitrogen and oxygen atoms in total. The fraction of sp³-hybridized carbons (Fsp3) is 0.846. The molecule has 0 saturated heterocycles. The minimum Gasteiger partial charge on any atom is -0.350 e. The molecule has 0 aromatic carbocycles. The Balaban J connectivity index is 2.40. The number of carbonyl (C=O) groups is 2. The Morgan fingerprint density at radius 3 is 2.18 bits per heavy atom. The molecule has 1 aliphatic rings. The van der Waals surface area contributed by atoms with Crippen LogP contribution in [-0.4, -0.2) is 23.4 Å². The highest BCUT2D eigenvalue weighted by Gasteiger charge is 2.26. The van der Waals surface area contributed by atoms with Gasteiger partial charge in [0.05, 0.1) is 0 Å². The smallest absolute Gasteiger partial charge is 0.242 e. The summed E-state index contributed by atoms with van der Waals surface area (Å²) in [6.07, 6.45) is 4.17. The summed E-state index contributed by atoms with van der Waals surface area (Å²) in [5, 5.41) is 5.65. The molecule has 0 spiro atoms. The third-order valence-electron chi connectivity index (χ3n) is 2.98. The van der Waals surface area contributed by atoms with Gasteiger partial charge in [0.15, 0.2) is 0 Å². The second-order valence-corrected chi connectivity index (χ2v) is 5.95. The van der Waals surface area contributed by atoms with Crippen LogP contribution in [0.15, 0.2) is 0 Å². The quantitative estimate of drug-likeness (QED) is 0.787. The summed E-state index contributed by atoms with van der Waals surface area (Å²) in [6.45, 7) is 7.51. The van der Waals surface area contributed by atoms with Crippen LogP contribution >= 0.6 is 0 Å². The van der Waals surface area contributed by atoms with E-state index in [9.17, 15) is 9.59 Å². The zero-order valence-corrected chi connectivity index (χ0v) is 11.3. The summed E-state index contributed by atoms with van der Waals surface area (Å²) in [5.41, 5.74) is -0.260. The fourth-order valence-electron chi connectivity index (χ4n) is 2.06. The monoisotopic (exact) mass is 240 g/mol. The average Bonchev–Trinajstić information content (AvgIpc) is 2.67. The molecular formula is C13H24N2O2. The van der Waals surface area contributed by atoms with E-state index in [0.717, 1.165) is 25.7 Å². The minimum atomic E-state index is -0.456. The maximum Gasteiger partial charge on any atom is 0.242 e. The molecule has 0 aliphatic heterocycles. The van der Waals surface area contributed by atoms with Crippen molar-refractivity contribution in [2.24, 2.45) is 5.92 Å². The summed E-state index contributed by atoms with van der Waals surface area (Å²) < 4.78 is 0. The van der Waals surface area contributed by atoms with E-state index < -0.39 is 6.04 Å². The van der Waals surface area contributed by atoms with Crippen LogP contribution in [0.5, 0.6) is 0 Å². The first kappa shape index (κ1) is 14.0. The van der Waals surface area contributed by atoms with Gasteiger partial charge < -0.3 is 10.6 Å². The Hall–Kier alpha value is -1.06. The van der Waals surface area contributed by atoms with E-state index in [-0.39, 0.29) is 23.3 Å². The maximum atomic E-state index is 11.8. The van der Waals surface area contributed by atoms with Crippen LogP contribution in [0.1, 0.15) is 53.4 Å². The normalized spacial score (nSPS) is 18.8. The van der Waals surface area contributed by atoms with E-state index in [2.05, 4.69) is 10.6 Å². The molecule has 1 saturated carbocycles. The largest absolute Gasteiger partial charge is 0.350 e. The first-order valence-corrected chi connectivity index (χ1v) is 6.42. The van der Waals surface area contributed by atoms with E-state index in [1.54, 1.807) is 6.92 Å². The van der Waals surface area contributed by atoms with Crippen molar-refractivity contribution >= 4 is 11.8 Å². The molecule has 0 bridgehead atoms. The second-order valence-electron chi connectivity index (χ2n) is 5.95. The topological polar surface area (TPSA) is 58.2 Å². The molecule has 1 aliphatic carbocycles. The summed E-state index contributed by atoms with van der Waals surface area (Å²) in [6, 6.07) is -0.456. The highest BCUT2D eigenvalue weighted by Crippen LogP contribution is 2.24. The molecule has 0 aromatic heterocycles. The minimum absolute atomic E-state index is 0.0269. The molecule has 2 amide bonds. The van der Waals surface area contributed by atoms with Crippen molar-refractivity contribution in [3.63, 3.8) is 0 Å². The van der Waals surface area contributed by atoms with Gasteiger partial charge in [-0.05, 0) is 40.5 Å². The lowest BCUT2D eigenvalue weighted by molar-refractivity contribution is -0.131. The van der Waals surface area contributed by atoms with Gasteiger partial charge in [0.2, 0.25) is 11.8 Å². The van der Waals surface area contributed by atoms with Gasteiger partial charge >= 0.3 is 0 Å². The van der Waals surface area contributed by atoms with E-state index in [1.165, 1.54) is 0 Å². The third-order valence-corrected chi connectivity index (χ3v) is 2.98. The van der Waals surface area contributed by atoms with Crippen molar-refractivity contribution < 1.29 is 9.59 Å². The molecule has 0 aromatic rings. The van der Waals surface area contributed by atoms with E-state index in [0.29, 0.717) is 0 Å². The van der Waals surface area contributed by atoms with E-state index in [4.69, 9.17) is 0 Å². The Morgan fingerprint density at radius 1 is 1.18 bits per heavy atom. The predicted octanol–water partition coefficient (Wildman–Crippen LogP) is 1.60. The molecule has 0 radical (unpaired) electrons. The Kier molecular flexibility index (Phi) is 4.54. The van der Waals surface area contributed by atoms with Crippen LogP contribution in [0.3, 0.4) is 0 Å². The zero-order valence-electron chi connectivity index (χ0n) is 11.3. The highest BCUT2D eigenvalue weighted by molar-refractivity contribution is 5.88. The molecule has 4 heteroatoms. The summed E-state index contributed by atoms with van der Waals surface area (Å²) >= 11 is 0. The van der Waals surface area contributed by atoms with Gasteiger partial charge in [0, 0.05) is 11.5 Å². The molecule has 98 valence electrons. The van der Waals surface area contributed by atoms with Gasteiger partial charge in [0.1, 0.15) is 6.04 Å². The second kappa shape index (κ2) is 5.52. The molecule has 1 atom stereocenters. The summed E-state index contributed by atoms with van der Waals surface area (Å²) in [4.78, 5) is 23.6. The van der Waals surface area contributed by atoms with E-state index in [1.807, 2.05) is 20.8 Å². The Morgan fingerprint density at radius 2 is 1.71 bits per heavy atom. The van der Waals surface area contributed by atoms with Crippen molar-refractivity contribution in [2.75, 3.05) is 0 Å². The first-order chi connectivity index (χ1) is 7.79. The zero-order chi connectivity index (χ0) is 13.1. The number of nitrogens with one attached hydrogen (secondary N) is 2. The predicted molar refractivity (Wildman–Crippen MR) is 67.5 cm³/mol. The summed E-state index contributed by atoms with van der Waals surface area (Å²) in [5.74, 6) is 0.0165. The van der Waals surface area contributed by atoms with Gasteiger partial charge in [-0.25, -0.2) is 0 Å². The van der Waals surface area contributed by atoms with Crippen LogP contribution in [-0.2, 0) is 9.59 Å². The maximum absolute atomic E-state index is 11.8. The standard InChI is InChI=1S/C13H24N2O2/c1-9(11(16)15-13(2,3)4)14-12(17)10-7-5-6-8-10/h9-10H,5-8H2,1-4H3,(H,14,17)(H,15,16). The highest BCUT2D eigenvalue weighted by atomic mass is 16.2. The SMILES string of the molecule is CC(NC(=O)C1CCCC1)C(=O)NC(C)(C)C. The van der Waals surface area contributed by atoms with Gasteiger partial charge in [0.25, 0.3) is 0 Å². The number of amides is 2. The van der Waals surface area contributed by atoms with Crippen LogP contribution in [0.25, 0.3) is 0 Å². The van der Waals surface area contributed by atoms with Crippen LogP contribution in [0.2, 0.25) is 0 Å². The molecule has 1 fully saturated rings. The molecule has 17 heavy (non-hydrogen) atoms. The number of rotatable bonds is 3. The van der Waals surface area contributed by atoms with Crippen LogP contribution < -0.4 is 10.6 Å². The van der Waals surface area contributed by atoms with Gasteiger partial charge in [-0.2, -0.15) is 0 Å². The molecule has 0 heterocycles. The molecule has 2 N–H and O–H groups in total. The van der Waals surface area contributed by atoms with Crippen molar-refractivity contribution in [1.82, 2.24) is 10.6 Å². The van der Waals surface area contributed by atoms with Gasteiger partial charge in [-0.15, -0.1) is 0 Å². The van der Waals surface area contributed by atoms with Crippen LogP contribution in [0, 0.1) is 5.92 Å². The lowest BCUT2D eigenvalue weighted by atomic mass is 10.1. The van der Waals surface area contributed by atoms with E-state index >= 15 is 0 Å². The number of hydrogen-bond acceptors (Lipinski definition) is 2. The lowest BCUT2D eigenvalue weighted by Crippen LogP contribution is -2.51. The lowest BCUT2D eigenvalue weighted by Gasteiger charge is -2.24. The van der Waals surface area contributed by atoms with Gasteiger partial charge in [-0.1, -0.05) is 12.8 Å². The van der Waals surface area contributed by atoms with Crippen LogP contribution in [0.4, 0.5) is 0 Å². The van der Waals surface area contributed by atoms with Crippen molar-refractivity contribution in [1.29, 1.82) is 0 Å². The third kappa shape index (κ3) is 4.75. The van der Waals surface area contributed by atoms with Crippen molar-refractivity contribution in [2.45, 2.75) is 65.0 Å². The Bertz CT molecular complexity index is 288. The molecular weight excluding hydrogens is 216 g/mol. The molecule has 1 unspecified atom stereocenters. The average molecular weight is 240 g/mol. The first-order valence-electron chi connectivity index (χ1n) is 6.42. The van der Waals surface area contributed by atoms with Crippen molar-refractivity contribution in [3.8, 4) is 0 Å². The summed E-state index contributed by atoms with van der Waals surface area (Å²) in [7, 11) is 0. The number of hydrogen-bond donors (Lipinski definition) is 2. The number of carbonyl (C=O) groups excluding carboxylic acids is 2. The van der Waals surface area contributed by atoms with Gasteiger partial charge in [-0.3, -0.25) is 9.59 Å². The van der Waals surface area contributed by atoms with Crippen molar-refractivity contribution in [3.05, 3.63) is 0 Å². The fourth-order valence-corrected chi connectivity index (χ4v) is 2.06.